The minimum absolute atomic E-state index is 0.136. The van der Waals surface area contributed by atoms with E-state index in [1.807, 2.05) is 38.1 Å². The van der Waals surface area contributed by atoms with Gasteiger partial charge in [0.1, 0.15) is 0 Å². The van der Waals surface area contributed by atoms with Crippen molar-refractivity contribution in [1.82, 2.24) is 19.9 Å². The molecule has 0 spiro atoms. The van der Waals surface area contributed by atoms with Crippen molar-refractivity contribution < 1.29 is 26.5 Å². The highest BCUT2D eigenvalue weighted by atomic mass is 32.2. The Morgan fingerprint density at radius 1 is 1.00 bits per heavy atom. The zero-order valence-electron chi connectivity index (χ0n) is 18.7. The average molecular weight is 491 g/mol. The third kappa shape index (κ3) is 4.85. The Balaban J connectivity index is 1.36. The van der Waals surface area contributed by atoms with Gasteiger partial charge in [-0.1, -0.05) is 35.0 Å². The van der Waals surface area contributed by atoms with Gasteiger partial charge in [-0.05, 0) is 38.1 Å². The van der Waals surface area contributed by atoms with Crippen LogP contribution in [0.1, 0.15) is 34.8 Å². The molecule has 1 aromatic heterocycles. The quantitative estimate of drug-likeness (QED) is 0.521. The molecule has 4 rings (SSSR count). The molecule has 34 heavy (non-hydrogen) atoms. The van der Waals surface area contributed by atoms with E-state index >= 15 is 0 Å². The predicted molar refractivity (Wildman–Crippen MR) is 120 cm³/mol. The number of sulfone groups is 1. The maximum atomic E-state index is 12.8. The number of carbonyl (C=O) groups is 1. The SMILES string of the molecule is Cc1ccc(-c2noc(C(C)N3CCN(C(=O)c4ccc(S(=O)(=O)C(F)F)cc4)CC3)n2)cc1. The maximum absolute atomic E-state index is 12.8. The van der Waals surface area contributed by atoms with Gasteiger partial charge in [-0.3, -0.25) is 9.69 Å². The lowest BCUT2D eigenvalue weighted by Crippen LogP contribution is -2.49. The van der Waals surface area contributed by atoms with Gasteiger partial charge >= 0.3 is 5.76 Å². The zero-order valence-corrected chi connectivity index (χ0v) is 19.5. The second kappa shape index (κ2) is 9.59. The lowest BCUT2D eigenvalue weighted by Gasteiger charge is -2.36. The number of hydrogen-bond donors (Lipinski definition) is 0. The fourth-order valence-electron chi connectivity index (χ4n) is 3.77. The molecule has 2 heterocycles. The fraction of sp³-hybridized carbons (Fsp3) is 0.348. The van der Waals surface area contributed by atoms with Crippen molar-refractivity contribution in [2.24, 2.45) is 0 Å². The number of piperazine rings is 1. The van der Waals surface area contributed by atoms with E-state index in [1.54, 1.807) is 4.90 Å². The normalized spacial score (nSPS) is 16.1. The molecule has 8 nitrogen and oxygen atoms in total. The smallest absolute Gasteiger partial charge is 0.337 e. The number of alkyl halides is 2. The number of hydrogen-bond acceptors (Lipinski definition) is 7. The summed E-state index contributed by atoms with van der Waals surface area (Å²) in [7, 11) is -4.69. The average Bonchev–Trinajstić information content (AvgIpc) is 3.34. The van der Waals surface area contributed by atoms with Gasteiger partial charge in [0.15, 0.2) is 0 Å². The standard InChI is InChI=1S/C23H24F2N4O4S/c1-15-3-5-17(6-4-15)20-26-21(33-27-20)16(2)28-11-13-29(14-12-28)22(30)18-7-9-19(10-8-18)34(31,32)23(24)25/h3-10,16,23H,11-14H2,1-2H3. The van der Waals surface area contributed by atoms with Crippen LogP contribution in [0.4, 0.5) is 8.78 Å². The molecule has 11 heteroatoms. The molecule has 0 radical (unpaired) electrons. The van der Waals surface area contributed by atoms with E-state index in [0.717, 1.165) is 23.3 Å². The molecule has 1 atom stereocenters. The second-order valence-electron chi connectivity index (χ2n) is 8.16. The van der Waals surface area contributed by atoms with Gasteiger partial charge in [0, 0.05) is 37.3 Å². The van der Waals surface area contributed by atoms with Crippen molar-refractivity contribution in [3.05, 3.63) is 65.5 Å². The Morgan fingerprint density at radius 2 is 1.62 bits per heavy atom. The summed E-state index contributed by atoms with van der Waals surface area (Å²) in [4.78, 5) is 20.6. The number of nitrogens with zero attached hydrogens (tertiary/aromatic N) is 4. The number of benzene rings is 2. The Labute approximate surface area is 196 Å². The molecular weight excluding hydrogens is 466 g/mol. The highest BCUT2D eigenvalue weighted by Gasteiger charge is 2.29. The van der Waals surface area contributed by atoms with Crippen molar-refractivity contribution in [2.45, 2.75) is 30.5 Å². The van der Waals surface area contributed by atoms with Crippen LogP contribution in [0, 0.1) is 6.92 Å². The molecule has 0 N–H and O–H groups in total. The molecule has 1 unspecified atom stereocenters. The lowest BCUT2D eigenvalue weighted by molar-refractivity contribution is 0.0551. The van der Waals surface area contributed by atoms with E-state index in [4.69, 9.17) is 4.52 Å². The van der Waals surface area contributed by atoms with Gasteiger partial charge in [-0.25, -0.2) is 8.42 Å². The van der Waals surface area contributed by atoms with Crippen LogP contribution in [-0.2, 0) is 9.84 Å². The third-order valence-corrected chi connectivity index (χ3v) is 7.32. The number of carbonyl (C=O) groups excluding carboxylic acids is 1. The first-order valence-corrected chi connectivity index (χ1v) is 12.3. The molecule has 1 fully saturated rings. The van der Waals surface area contributed by atoms with Gasteiger partial charge in [0.25, 0.3) is 5.91 Å². The second-order valence-corrected chi connectivity index (χ2v) is 10.1. The first-order chi connectivity index (χ1) is 16.2. The Hall–Kier alpha value is -3.18. The molecule has 1 saturated heterocycles. The van der Waals surface area contributed by atoms with E-state index in [0.29, 0.717) is 37.9 Å². The number of aromatic nitrogens is 2. The number of amides is 1. The molecule has 0 saturated carbocycles. The summed E-state index contributed by atoms with van der Waals surface area (Å²) in [6.45, 7) is 6.01. The summed E-state index contributed by atoms with van der Waals surface area (Å²) < 4.78 is 54.0. The largest absolute Gasteiger partial charge is 0.341 e. The number of rotatable bonds is 6. The van der Waals surface area contributed by atoms with Crippen LogP contribution in [0.2, 0.25) is 0 Å². The van der Waals surface area contributed by atoms with Gasteiger partial charge in [0.05, 0.1) is 10.9 Å². The molecule has 1 aliphatic heterocycles. The van der Waals surface area contributed by atoms with Gasteiger partial charge in [0.2, 0.25) is 21.6 Å². The van der Waals surface area contributed by atoms with E-state index in [9.17, 15) is 22.0 Å². The minimum Gasteiger partial charge on any atom is -0.337 e. The predicted octanol–water partition coefficient (Wildman–Crippen LogP) is 3.56. The van der Waals surface area contributed by atoms with Gasteiger partial charge < -0.3 is 9.42 Å². The van der Waals surface area contributed by atoms with Crippen molar-refractivity contribution in [1.29, 1.82) is 0 Å². The molecule has 1 amide bonds. The van der Waals surface area contributed by atoms with E-state index < -0.39 is 20.5 Å². The Bertz CT molecular complexity index is 1250. The van der Waals surface area contributed by atoms with Gasteiger partial charge in [-0.15, -0.1) is 0 Å². The van der Waals surface area contributed by atoms with Crippen molar-refractivity contribution in [3.8, 4) is 11.4 Å². The van der Waals surface area contributed by atoms with E-state index in [-0.39, 0.29) is 17.5 Å². The van der Waals surface area contributed by atoms with Crippen LogP contribution < -0.4 is 0 Å². The summed E-state index contributed by atoms with van der Waals surface area (Å²) in [5.74, 6) is -2.78. The van der Waals surface area contributed by atoms with Crippen LogP contribution in [0.3, 0.4) is 0 Å². The topological polar surface area (TPSA) is 96.6 Å². The molecule has 3 aromatic rings. The first kappa shape index (κ1) is 24.0. The van der Waals surface area contributed by atoms with Crippen LogP contribution >= 0.6 is 0 Å². The van der Waals surface area contributed by atoms with Crippen LogP contribution in [0.15, 0.2) is 57.9 Å². The number of aryl methyl sites for hydroxylation is 1. The summed E-state index contributed by atoms with van der Waals surface area (Å²) in [5, 5.41) is 4.08. The highest BCUT2D eigenvalue weighted by molar-refractivity contribution is 7.91. The summed E-state index contributed by atoms with van der Waals surface area (Å²) in [6, 6.07) is 12.3. The number of halogens is 2. The van der Waals surface area contributed by atoms with Crippen molar-refractivity contribution in [2.75, 3.05) is 26.2 Å². The molecule has 1 aliphatic rings. The molecular formula is C23H24F2N4O4S. The van der Waals surface area contributed by atoms with E-state index in [1.165, 1.54) is 12.1 Å². The monoisotopic (exact) mass is 490 g/mol. The van der Waals surface area contributed by atoms with E-state index in [2.05, 4.69) is 15.0 Å². The van der Waals surface area contributed by atoms with Gasteiger partial charge in [-0.2, -0.15) is 13.8 Å². The molecule has 0 aliphatic carbocycles. The Kier molecular flexibility index (Phi) is 6.76. The Morgan fingerprint density at radius 3 is 2.21 bits per heavy atom. The van der Waals surface area contributed by atoms with Crippen molar-refractivity contribution >= 4 is 15.7 Å². The van der Waals surface area contributed by atoms with Crippen LogP contribution in [-0.4, -0.2) is 66.2 Å². The first-order valence-electron chi connectivity index (χ1n) is 10.7. The summed E-state index contributed by atoms with van der Waals surface area (Å²) in [6.07, 6.45) is 0. The lowest BCUT2D eigenvalue weighted by atomic mass is 10.1. The zero-order chi connectivity index (χ0) is 24.5. The summed E-state index contributed by atoms with van der Waals surface area (Å²) >= 11 is 0. The highest BCUT2D eigenvalue weighted by Crippen LogP contribution is 2.24. The molecule has 2 aromatic carbocycles. The van der Waals surface area contributed by atoms with Crippen LogP contribution in [0.5, 0.6) is 0 Å². The van der Waals surface area contributed by atoms with Crippen molar-refractivity contribution in [3.63, 3.8) is 0 Å². The minimum atomic E-state index is -4.69. The third-order valence-electron chi connectivity index (χ3n) is 5.92. The molecule has 0 bridgehead atoms. The van der Waals surface area contributed by atoms with Crippen LogP contribution in [0.25, 0.3) is 11.4 Å². The maximum Gasteiger partial charge on any atom is 0.341 e. The summed E-state index contributed by atoms with van der Waals surface area (Å²) in [5.41, 5.74) is 2.26. The molecule has 180 valence electrons. The fourth-order valence-corrected chi connectivity index (χ4v) is 4.49.